The van der Waals surface area contributed by atoms with Gasteiger partial charge in [-0.05, 0) is 96.7 Å². The van der Waals surface area contributed by atoms with Gasteiger partial charge in [0.2, 0.25) is 0 Å². The van der Waals surface area contributed by atoms with Crippen LogP contribution in [0.2, 0.25) is 0 Å². The maximum atomic E-state index is 2.41. The Kier molecular flexibility index (Phi) is 26.5. The monoisotopic (exact) mass is 673 g/mol. The van der Waals surface area contributed by atoms with Crippen molar-refractivity contribution in [3.63, 3.8) is 0 Å². The summed E-state index contributed by atoms with van der Waals surface area (Å²) >= 11 is 0. The molecule has 0 nitrogen and oxygen atoms in total. The molecule has 0 aromatic carbocycles. The molecule has 0 heterocycles. The van der Waals surface area contributed by atoms with Crippen molar-refractivity contribution in [2.75, 3.05) is 0 Å². The van der Waals surface area contributed by atoms with E-state index in [1.54, 1.807) is 0 Å². The minimum Gasteiger partial charge on any atom is -0.0651 e. The number of hydrogen-bond donors (Lipinski definition) is 0. The highest BCUT2D eigenvalue weighted by Gasteiger charge is 2.21. The van der Waals surface area contributed by atoms with Crippen molar-refractivity contribution in [1.29, 1.82) is 0 Å². The fourth-order valence-corrected chi connectivity index (χ4v) is 10.0. The molecule has 0 saturated heterocycles. The molecule has 0 bridgehead atoms. The van der Waals surface area contributed by atoms with Gasteiger partial charge in [-0.25, -0.2) is 0 Å². The van der Waals surface area contributed by atoms with E-state index >= 15 is 0 Å². The summed E-state index contributed by atoms with van der Waals surface area (Å²) in [5.74, 6) is 12.0. The van der Waals surface area contributed by atoms with Crippen molar-refractivity contribution < 1.29 is 0 Å². The van der Waals surface area contributed by atoms with Gasteiger partial charge < -0.3 is 0 Å². The molecule has 4 rings (SSSR count). The molecule has 4 aliphatic carbocycles. The third kappa shape index (κ3) is 24.2. The van der Waals surface area contributed by atoms with Gasteiger partial charge in [0.15, 0.2) is 0 Å². The van der Waals surface area contributed by atoms with Gasteiger partial charge in [0.1, 0.15) is 0 Å². The Labute approximate surface area is 307 Å². The molecule has 4 aliphatic rings. The first-order chi connectivity index (χ1) is 22.8. The van der Waals surface area contributed by atoms with Gasteiger partial charge >= 0.3 is 0 Å². The molecule has 4 unspecified atom stereocenters. The third-order valence-electron chi connectivity index (χ3n) is 13.1. The highest BCUT2D eigenvalue weighted by Crippen LogP contribution is 2.35. The normalized spacial score (nSPS) is 31.5. The number of hydrogen-bond acceptors (Lipinski definition) is 0. The molecule has 288 valence electrons. The van der Waals surface area contributed by atoms with Crippen LogP contribution in [0.3, 0.4) is 0 Å². The summed E-state index contributed by atoms with van der Waals surface area (Å²) in [5, 5.41) is 0. The lowest BCUT2D eigenvalue weighted by Crippen LogP contribution is -2.15. The van der Waals surface area contributed by atoms with Crippen LogP contribution in [0, 0.1) is 71.0 Å². The van der Waals surface area contributed by atoms with Gasteiger partial charge in [0, 0.05) is 0 Å². The molecule has 4 atom stereocenters. The van der Waals surface area contributed by atoms with Crippen LogP contribution in [0.1, 0.15) is 237 Å². The smallest absolute Gasteiger partial charge is 0.0412 e. The van der Waals surface area contributed by atoms with Crippen LogP contribution in [0.25, 0.3) is 0 Å². The predicted molar refractivity (Wildman–Crippen MR) is 221 cm³/mol. The highest BCUT2D eigenvalue weighted by molar-refractivity contribution is 4.74. The number of rotatable bonds is 10. The molecular formula is C48H96. The summed E-state index contributed by atoms with van der Waals surface area (Å²) in [7, 11) is 0. The summed E-state index contributed by atoms with van der Waals surface area (Å²) in [6.07, 6.45) is 35.7. The molecule has 4 fully saturated rings. The molecule has 0 aromatic rings. The van der Waals surface area contributed by atoms with Crippen LogP contribution in [-0.2, 0) is 0 Å². The summed E-state index contributed by atoms with van der Waals surface area (Å²) < 4.78 is 0. The Morgan fingerprint density at radius 2 is 0.542 bits per heavy atom. The van der Waals surface area contributed by atoms with Crippen molar-refractivity contribution in [3.05, 3.63) is 0 Å². The minimum absolute atomic E-state index is 0.906. The van der Waals surface area contributed by atoms with E-state index in [4.69, 9.17) is 0 Å². The van der Waals surface area contributed by atoms with E-state index in [0.717, 1.165) is 71.0 Å². The van der Waals surface area contributed by atoms with Gasteiger partial charge in [0.05, 0.1) is 0 Å². The fourth-order valence-electron chi connectivity index (χ4n) is 10.0. The van der Waals surface area contributed by atoms with Crippen molar-refractivity contribution in [2.45, 2.75) is 237 Å². The van der Waals surface area contributed by atoms with Crippen LogP contribution < -0.4 is 0 Å². The average molecular weight is 673 g/mol. The lowest BCUT2D eigenvalue weighted by Gasteiger charge is -2.28. The van der Waals surface area contributed by atoms with E-state index in [9.17, 15) is 0 Å². The first-order valence-electron chi connectivity index (χ1n) is 22.8. The summed E-state index contributed by atoms with van der Waals surface area (Å²) in [6, 6.07) is 0. The standard InChI is InChI=1S/C13H26.2C12H24.C11H22/c1-4-12-6-5-7-13(9-8-12)10-11(2)3;1-10(2)9-12-6-4-5-11(3)7-8-12;1-4-11-5-7-12(8-6-11)9-10(2)3;1-9(2)8-11-6-4-10(3)5-7-11/h11-13H,4-10H2,1-3H3;2*10-12H,4-9H2,1-3H3;9-11H,4-8H2,1-3H3. The fraction of sp³-hybridized carbons (Fsp3) is 1.00. The molecule has 0 N–H and O–H groups in total. The largest absolute Gasteiger partial charge is 0.0651 e. The molecule has 0 heteroatoms. The molecule has 0 aromatic heterocycles. The van der Waals surface area contributed by atoms with Gasteiger partial charge in [-0.2, -0.15) is 0 Å². The topological polar surface area (TPSA) is 0 Å². The van der Waals surface area contributed by atoms with Crippen LogP contribution >= 0.6 is 0 Å². The first-order valence-corrected chi connectivity index (χ1v) is 22.8. The highest BCUT2D eigenvalue weighted by atomic mass is 14.3. The van der Waals surface area contributed by atoms with E-state index in [2.05, 4.69) is 83.1 Å². The predicted octanol–water partition coefficient (Wildman–Crippen LogP) is 17.0. The lowest BCUT2D eigenvalue weighted by atomic mass is 9.78. The summed E-state index contributed by atoms with van der Waals surface area (Å²) in [5.41, 5.74) is 0. The average Bonchev–Trinajstić information content (AvgIpc) is 3.38. The minimum atomic E-state index is 0.906. The molecule has 0 aliphatic heterocycles. The van der Waals surface area contributed by atoms with Gasteiger partial charge in [-0.15, -0.1) is 0 Å². The maximum Gasteiger partial charge on any atom is -0.0412 e. The van der Waals surface area contributed by atoms with E-state index in [1.807, 2.05) is 0 Å². The van der Waals surface area contributed by atoms with Crippen molar-refractivity contribution in [2.24, 2.45) is 71.0 Å². The Morgan fingerprint density at radius 3 is 0.875 bits per heavy atom. The SMILES string of the molecule is CC(C)CC1CCC(C)CC1.CC(C)CC1CCCC(C)CC1.CCC1CCC(CC(C)C)CC1.CCC1CCCC(CC(C)C)CC1. The van der Waals surface area contributed by atoms with Crippen LogP contribution in [0.4, 0.5) is 0 Å². The Hall–Kier alpha value is 0. The van der Waals surface area contributed by atoms with Crippen LogP contribution in [0.5, 0.6) is 0 Å². The van der Waals surface area contributed by atoms with E-state index in [-0.39, 0.29) is 0 Å². The molecule has 0 spiro atoms. The molecule has 0 radical (unpaired) electrons. The van der Waals surface area contributed by atoms with Crippen LogP contribution in [-0.4, -0.2) is 0 Å². The zero-order valence-electron chi connectivity index (χ0n) is 35.9. The van der Waals surface area contributed by atoms with Crippen molar-refractivity contribution in [3.8, 4) is 0 Å². The third-order valence-corrected chi connectivity index (χ3v) is 13.1. The summed E-state index contributed by atoms with van der Waals surface area (Å²) in [6.45, 7) is 28.3. The quantitative estimate of drug-likeness (QED) is 0.203. The zero-order chi connectivity index (χ0) is 35.9. The lowest BCUT2D eigenvalue weighted by molar-refractivity contribution is 0.240. The molecular weight excluding hydrogens is 577 g/mol. The zero-order valence-corrected chi connectivity index (χ0v) is 35.9. The maximum absolute atomic E-state index is 2.41. The van der Waals surface area contributed by atoms with Crippen LogP contribution in [0.15, 0.2) is 0 Å². The van der Waals surface area contributed by atoms with E-state index in [1.165, 1.54) is 154 Å². The second kappa shape index (κ2) is 27.6. The van der Waals surface area contributed by atoms with E-state index in [0.29, 0.717) is 0 Å². The van der Waals surface area contributed by atoms with E-state index < -0.39 is 0 Å². The van der Waals surface area contributed by atoms with Gasteiger partial charge in [-0.1, -0.05) is 212 Å². The van der Waals surface area contributed by atoms with Gasteiger partial charge in [-0.3, -0.25) is 0 Å². The Balaban J connectivity index is 0.000000320. The van der Waals surface area contributed by atoms with Crippen molar-refractivity contribution >= 4 is 0 Å². The summed E-state index contributed by atoms with van der Waals surface area (Å²) in [4.78, 5) is 0. The Bertz CT molecular complexity index is 685. The molecule has 0 amide bonds. The van der Waals surface area contributed by atoms with Crippen molar-refractivity contribution in [1.82, 2.24) is 0 Å². The molecule has 48 heavy (non-hydrogen) atoms. The van der Waals surface area contributed by atoms with Gasteiger partial charge in [0.25, 0.3) is 0 Å². The first kappa shape index (κ1) is 46.0. The Morgan fingerprint density at radius 1 is 0.312 bits per heavy atom. The molecule has 4 saturated carbocycles. The second-order valence-corrected chi connectivity index (χ2v) is 20.1. The second-order valence-electron chi connectivity index (χ2n) is 20.1.